The Morgan fingerprint density at radius 1 is 1.37 bits per heavy atom. The number of hydrogen-bond acceptors (Lipinski definition) is 4. The van der Waals surface area contributed by atoms with Crippen LogP contribution in [0, 0.1) is 0 Å². The molecule has 0 aromatic heterocycles. The third-order valence-electron chi connectivity index (χ3n) is 3.57. The highest BCUT2D eigenvalue weighted by atomic mass is 16.8. The van der Waals surface area contributed by atoms with Gasteiger partial charge in [-0.3, -0.25) is 4.79 Å². The average Bonchev–Trinajstić information content (AvgIpc) is 2.64. The quantitative estimate of drug-likeness (QED) is 0.786. The maximum atomic E-state index is 11.4. The van der Waals surface area contributed by atoms with Gasteiger partial charge in [-0.25, -0.2) is 0 Å². The highest BCUT2D eigenvalue weighted by Crippen LogP contribution is 2.38. The molecule has 0 aromatic carbocycles. The lowest BCUT2D eigenvalue weighted by Crippen LogP contribution is -2.61. The maximum Gasteiger partial charge on any atom is 0.217 e. The Kier molecular flexibility index (Phi) is 3.99. The molecule has 2 aliphatic rings. The molecular formula is C14H23NO4. The summed E-state index contributed by atoms with van der Waals surface area (Å²) in [7, 11) is 0. The highest BCUT2D eigenvalue weighted by Gasteiger charge is 2.54. The Bertz CT molecular complexity index is 368. The third kappa shape index (κ3) is 2.83. The Labute approximate surface area is 114 Å². The lowest BCUT2D eigenvalue weighted by Gasteiger charge is -2.41. The van der Waals surface area contributed by atoms with Crippen LogP contribution in [0.1, 0.15) is 34.1 Å². The first kappa shape index (κ1) is 14.5. The molecule has 1 unspecified atom stereocenters. The zero-order valence-electron chi connectivity index (χ0n) is 12.0. The van der Waals surface area contributed by atoms with Gasteiger partial charge in [0.15, 0.2) is 5.79 Å². The molecule has 1 amide bonds. The number of ether oxygens (including phenoxy) is 3. The van der Waals surface area contributed by atoms with Crippen molar-refractivity contribution in [3.63, 3.8) is 0 Å². The van der Waals surface area contributed by atoms with E-state index in [1.807, 2.05) is 13.8 Å². The van der Waals surface area contributed by atoms with Crippen molar-refractivity contribution < 1.29 is 19.0 Å². The second-order valence-corrected chi connectivity index (χ2v) is 5.57. The standard InChI is InChI=1S/C14H23NO4/c1-6-9-11(15-8(3)16)13-12(10(7-2)17-9)18-14(4,5)19-13/h6,9-13H,1,7H2,2-5H3,(H,15,16)/t9?,10-,11+,12+,13-/m1/s1. The molecule has 1 N–H and O–H groups in total. The second-order valence-electron chi connectivity index (χ2n) is 5.57. The van der Waals surface area contributed by atoms with Crippen molar-refractivity contribution in [1.29, 1.82) is 0 Å². The zero-order chi connectivity index (χ0) is 14.2. The summed E-state index contributed by atoms with van der Waals surface area (Å²) >= 11 is 0. The van der Waals surface area contributed by atoms with Crippen LogP contribution in [0.2, 0.25) is 0 Å². The molecule has 0 spiro atoms. The van der Waals surface area contributed by atoms with Crippen molar-refractivity contribution in [3.05, 3.63) is 12.7 Å². The van der Waals surface area contributed by atoms with Gasteiger partial charge in [0.25, 0.3) is 0 Å². The zero-order valence-corrected chi connectivity index (χ0v) is 12.0. The molecular weight excluding hydrogens is 246 g/mol. The van der Waals surface area contributed by atoms with Crippen LogP contribution in [0.5, 0.6) is 0 Å². The van der Waals surface area contributed by atoms with Crippen LogP contribution in [0.25, 0.3) is 0 Å². The average molecular weight is 269 g/mol. The Morgan fingerprint density at radius 2 is 2.00 bits per heavy atom. The van der Waals surface area contributed by atoms with E-state index in [0.29, 0.717) is 0 Å². The topological polar surface area (TPSA) is 56.8 Å². The molecule has 0 saturated carbocycles. The highest BCUT2D eigenvalue weighted by molar-refractivity contribution is 5.73. The summed E-state index contributed by atoms with van der Waals surface area (Å²) in [6.07, 6.45) is 1.88. The van der Waals surface area contributed by atoms with Gasteiger partial charge in [0, 0.05) is 6.92 Å². The summed E-state index contributed by atoms with van der Waals surface area (Å²) in [5.41, 5.74) is 0. The SMILES string of the molecule is C=CC1O[C@H](CC)[C@@H]2OC(C)(C)O[C@@H]2[C@H]1NC(C)=O. The largest absolute Gasteiger partial charge is 0.366 e. The molecule has 108 valence electrons. The van der Waals surface area contributed by atoms with Crippen LogP contribution >= 0.6 is 0 Å². The molecule has 2 heterocycles. The van der Waals surface area contributed by atoms with E-state index in [4.69, 9.17) is 14.2 Å². The van der Waals surface area contributed by atoms with Gasteiger partial charge in [-0.2, -0.15) is 0 Å². The summed E-state index contributed by atoms with van der Waals surface area (Å²) < 4.78 is 17.9. The molecule has 5 nitrogen and oxygen atoms in total. The molecule has 0 aliphatic carbocycles. The maximum absolute atomic E-state index is 11.4. The lowest BCUT2D eigenvalue weighted by atomic mass is 9.91. The Balaban J connectivity index is 2.26. The van der Waals surface area contributed by atoms with Gasteiger partial charge in [0.1, 0.15) is 12.2 Å². The first-order chi connectivity index (χ1) is 8.88. The molecule has 5 heteroatoms. The van der Waals surface area contributed by atoms with Crippen molar-refractivity contribution >= 4 is 5.91 Å². The van der Waals surface area contributed by atoms with E-state index in [2.05, 4.69) is 18.8 Å². The van der Waals surface area contributed by atoms with Gasteiger partial charge in [0.2, 0.25) is 5.91 Å². The summed E-state index contributed by atoms with van der Waals surface area (Å²) in [5.74, 6) is -0.763. The number of amides is 1. The van der Waals surface area contributed by atoms with Gasteiger partial charge in [-0.1, -0.05) is 13.0 Å². The monoisotopic (exact) mass is 269 g/mol. The first-order valence-corrected chi connectivity index (χ1v) is 6.78. The number of rotatable bonds is 3. The number of nitrogens with one attached hydrogen (secondary N) is 1. The summed E-state index contributed by atoms with van der Waals surface area (Å²) in [6.45, 7) is 11.1. The molecule has 2 saturated heterocycles. The molecule has 0 radical (unpaired) electrons. The number of carbonyl (C=O) groups excluding carboxylic acids is 1. The third-order valence-corrected chi connectivity index (χ3v) is 3.57. The van der Waals surface area contributed by atoms with Crippen LogP contribution in [0.4, 0.5) is 0 Å². The van der Waals surface area contributed by atoms with Crippen LogP contribution in [-0.2, 0) is 19.0 Å². The van der Waals surface area contributed by atoms with Gasteiger partial charge in [-0.05, 0) is 20.3 Å². The smallest absolute Gasteiger partial charge is 0.217 e. The molecule has 0 bridgehead atoms. The summed E-state index contributed by atoms with van der Waals surface area (Å²) in [4.78, 5) is 11.4. The fourth-order valence-corrected chi connectivity index (χ4v) is 2.86. The van der Waals surface area contributed by atoms with Crippen molar-refractivity contribution in [2.45, 2.75) is 70.4 Å². The summed E-state index contributed by atoms with van der Waals surface area (Å²) in [5, 5.41) is 2.90. The van der Waals surface area contributed by atoms with Gasteiger partial charge in [-0.15, -0.1) is 6.58 Å². The minimum absolute atomic E-state index is 0.0419. The molecule has 5 atom stereocenters. The first-order valence-electron chi connectivity index (χ1n) is 6.78. The van der Waals surface area contributed by atoms with E-state index in [9.17, 15) is 4.79 Å². The second kappa shape index (κ2) is 5.23. The van der Waals surface area contributed by atoms with Crippen molar-refractivity contribution in [3.8, 4) is 0 Å². The van der Waals surface area contributed by atoms with E-state index in [1.54, 1.807) is 6.08 Å². The number of carbonyl (C=O) groups is 1. The molecule has 2 fully saturated rings. The lowest BCUT2D eigenvalue weighted by molar-refractivity contribution is -0.156. The van der Waals surface area contributed by atoms with E-state index >= 15 is 0 Å². The normalized spacial score (nSPS) is 40.5. The van der Waals surface area contributed by atoms with E-state index in [0.717, 1.165) is 6.42 Å². The fraction of sp³-hybridized carbons (Fsp3) is 0.786. The fourth-order valence-electron chi connectivity index (χ4n) is 2.86. The van der Waals surface area contributed by atoms with Crippen LogP contribution in [0.15, 0.2) is 12.7 Å². The van der Waals surface area contributed by atoms with Crippen LogP contribution in [-0.4, -0.2) is 42.2 Å². The minimum Gasteiger partial charge on any atom is -0.366 e. The van der Waals surface area contributed by atoms with Crippen LogP contribution in [0.3, 0.4) is 0 Å². The van der Waals surface area contributed by atoms with E-state index < -0.39 is 5.79 Å². The Hall–Kier alpha value is -0.910. The van der Waals surface area contributed by atoms with Gasteiger partial charge < -0.3 is 19.5 Å². The molecule has 2 aliphatic heterocycles. The summed E-state index contributed by atoms with van der Waals surface area (Å²) in [6, 6.07) is -0.260. The van der Waals surface area contributed by atoms with Gasteiger partial charge in [0.05, 0.1) is 18.2 Å². The molecule has 0 aromatic rings. The predicted molar refractivity (Wildman–Crippen MR) is 70.6 cm³/mol. The van der Waals surface area contributed by atoms with E-state index in [1.165, 1.54) is 6.92 Å². The molecule has 2 rings (SSSR count). The van der Waals surface area contributed by atoms with Crippen molar-refractivity contribution in [2.24, 2.45) is 0 Å². The predicted octanol–water partition coefficient (Wildman–Crippen LogP) is 1.37. The van der Waals surface area contributed by atoms with Crippen molar-refractivity contribution in [2.75, 3.05) is 0 Å². The molecule has 19 heavy (non-hydrogen) atoms. The number of hydrogen-bond donors (Lipinski definition) is 1. The Morgan fingerprint density at radius 3 is 2.53 bits per heavy atom. The number of fused-ring (bicyclic) bond motifs is 1. The van der Waals surface area contributed by atoms with Crippen molar-refractivity contribution in [1.82, 2.24) is 5.32 Å². The van der Waals surface area contributed by atoms with E-state index in [-0.39, 0.29) is 36.4 Å². The minimum atomic E-state index is -0.654. The van der Waals surface area contributed by atoms with Gasteiger partial charge >= 0.3 is 0 Å². The van der Waals surface area contributed by atoms with Crippen LogP contribution < -0.4 is 5.32 Å².